The van der Waals surface area contributed by atoms with Crippen LogP contribution in [0, 0.1) is 5.82 Å². The molecule has 0 bridgehead atoms. The second kappa shape index (κ2) is 2.90. The van der Waals surface area contributed by atoms with Crippen LogP contribution in [0.5, 0.6) is 0 Å². The van der Waals surface area contributed by atoms with E-state index in [2.05, 4.69) is 9.97 Å². The maximum Gasteiger partial charge on any atom is 0.222 e. The number of hydrogen-bond donors (Lipinski definition) is 1. The lowest BCUT2D eigenvalue weighted by molar-refractivity contribution is 0.269. The zero-order valence-corrected chi connectivity index (χ0v) is 5.64. The Morgan fingerprint density at radius 2 is 2.40 bits per heavy atom. The zero-order chi connectivity index (χ0) is 7.56. The van der Waals surface area contributed by atoms with Gasteiger partial charge in [-0.2, -0.15) is 0 Å². The Hall–Kier alpha value is -0.740. The van der Waals surface area contributed by atoms with Gasteiger partial charge in [0.15, 0.2) is 5.82 Å². The molecule has 1 heterocycles. The van der Waals surface area contributed by atoms with Gasteiger partial charge in [0.05, 0.1) is 12.8 Å². The molecule has 0 fully saturated rings. The second-order valence-corrected chi connectivity index (χ2v) is 1.93. The molecule has 1 rings (SSSR count). The molecule has 0 amide bonds. The van der Waals surface area contributed by atoms with E-state index in [0.29, 0.717) is 0 Å². The topological polar surface area (TPSA) is 46.0 Å². The van der Waals surface area contributed by atoms with E-state index in [9.17, 15) is 4.39 Å². The number of aliphatic hydroxyl groups excluding tert-OH is 1. The molecule has 0 saturated heterocycles. The summed E-state index contributed by atoms with van der Waals surface area (Å²) in [6, 6.07) is 0. The largest absolute Gasteiger partial charge is 0.390 e. The molecule has 10 heavy (non-hydrogen) atoms. The highest BCUT2D eigenvalue weighted by Gasteiger charge is 2.02. The number of halogens is 2. The van der Waals surface area contributed by atoms with Crippen LogP contribution in [-0.4, -0.2) is 15.1 Å². The number of nitrogens with zero attached hydrogens (tertiary/aromatic N) is 2. The Kier molecular flexibility index (Phi) is 2.13. The van der Waals surface area contributed by atoms with Crippen LogP contribution >= 0.6 is 11.6 Å². The highest BCUT2D eigenvalue weighted by molar-refractivity contribution is 6.28. The van der Waals surface area contributed by atoms with Gasteiger partial charge < -0.3 is 5.11 Å². The summed E-state index contributed by atoms with van der Waals surface area (Å²) in [5.74, 6) is -0.646. The lowest BCUT2D eigenvalue weighted by Crippen LogP contribution is -1.96. The first-order valence-corrected chi connectivity index (χ1v) is 2.89. The Bertz CT molecular complexity index is 243. The van der Waals surface area contributed by atoms with Gasteiger partial charge in [-0.05, 0) is 11.6 Å². The summed E-state index contributed by atoms with van der Waals surface area (Å²) in [4.78, 5) is 6.78. The minimum atomic E-state index is -0.646. The van der Waals surface area contributed by atoms with Crippen molar-refractivity contribution in [2.24, 2.45) is 0 Å². The average Bonchev–Trinajstić information content (AvgIpc) is 1.94. The lowest BCUT2D eigenvalue weighted by atomic mass is 10.4. The number of aromatic nitrogens is 2. The average molecular weight is 163 g/mol. The van der Waals surface area contributed by atoms with Gasteiger partial charge in [-0.25, -0.2) is 14.4 Å². The summed E-state index contributed by atoms with van der Waals surface area (Å²) in [6.45, 7) is -0.464. The highest BCUT2D eigenvalue weighted by Crippen LogP contribution is 2.05. The summed E-state index contributed by atoms with van der Waals surface area (Å²) in [7, 11) is 0. The van der Waals surface area contributed by atoms with Gasteiger partial charge in [0.25, 0.3) is 0 Å². The Morgan fingerprint density at radius 1 is 1.70 bits per heavy atom. The van der Waals surface area contributed by atoms with Gasteiger partial charge in [0, 0.05) is 0 Å². The molecule has 0 spiro atoms. The molecule has 1 aromatic rings. The molecule has 1 N–H and O–H groups in total. The van der Waals surface area contributed by atoms with Crippen molar-refractivity contribution in [2.75, 3.05) is 0 Å². The standard InChI is InChI=1S/C5H4ClFN2O/c6-5-8-1-3(7)4(2-10)9-5/h1,10H,2H2. The van der Waals surface area contributed by atoms with Gasteiger partial charge in [0.1, 0.15) is 5.69 Å². The molecule has 0 saturated carbocycles. The predicted octanol–water partition coefficient (Wildman–Crippen LogP) is 0.761. The van der Waals surface area contributed by atoms with E-state index in [0.717, 1.165) is 6.20 Å². The fourth-order valence-electron chi connectivity index (χ4n) is 0.489. The van der Waals surface area contributed by atoms with Crippen molar-refractivity contribution in [1.82, 2.24) is 9.97 Å². The van der Waals surface area contributed by atoms with E-state index < -0.39 is 12.4 Å². The van der Waals surface area contributed by atoms with E-state index in [4.69, 9.17) is 16.7 Å². The van der Waals surface area contributed by atoms with E-state index in [1.54, 1.807) is 0 Å². The molecule has 0 aliphatic rings. The lowest BCUT2D eigenvalue weighted by Gasteiger charge is -1.95. The van der Waals surface area contributed by atoms with Crippen molar-refractivity contribution in [2.45, 2.75) is 6.61 Å². The molecular formula is C5H4ClFN2O. The maximum atomic E-state index is 12.4. The van der Waals surface area contributed by atoms with E-state index >= 15 is 0 Å². The van der Waals surface area contributed by atoms with Crippen LogP contribution in [0.2, 0.25) is 5.28 Å². The molecule has 0 aliphatic carbocycles. The third kappa shape index (κ3) is 1.40. The number of aliphatic hydroxyl groups is 1. The summed E-state index contributed by atoms with van der Waals surface area (Å²) >= 11 is 5.30. The van der Waals surface area contributed by atoms with Crippen molar-refractivity contribution in [3.05, 3.63) is 23.0 Å². The molecule has 0 radical (unpaired) electrons. The van der Waals surface area contributed by atoms with E-state index in [1.165, 1.54) is 0 Å². The Balaban J connectivity index is 3.09. The first kappa shape index (κ1) is 7.37. The van der Waals surface area contributed by atoms with Gasteiger partial charge in [0.2, 0.25) is 5.28 Å². The minimum absolute atomic E-state index is 0.0644. The quantitative estimate of drug-likeness (QED) is 0.621. The monoisotopic (exact) mass is 162 g/mol. The normalized spacial score (nSPS) is 9.90. The second-order valence-electron chi connectivity index (χ2n) is 1.59. The van der Waals surface area contributed by atoms with Crippen molar-refractivity contribution in [1.29, 1.82) is 0 Å². The highest BCUT2D eigenvalue weighted by atomic mass is 35.5. The summed E-state index contributed by atoms with van der Waals surface area (Å²) < 4.78 is 12.4. The number of rotatable bonds is 1. The van der Waals surface area contributed by atoms with Crippen molar-refractivity contribution in [3.8, 4) is 0 Å². The van der Waals surface area contributed by atoms with Crippen LogP contribution in [0.15, 0.2) is 6.20 Å². The summed E-state index contributed by atoms with van der Waals surface area (Å²) in [5, 5.41) is 8.39. The number of hydrogen-bond acceptors (Lipinski definition) is 3. The van der Waals surface area contributed by atoms with Crippen LogP contribution in [-0.2, 0) is 6.61 Å². The van der Waals surface area contributed by atoms with Gasteiger partial charge in [-0.15, -0.1) is 0 Å². The van der Waals surface area contributed by atoms with Gasteiger partial charge >= 0.3 is 0 Å². The summed E-state index contributed by atoms with van der Waals surface area (Å²) in [6.07, 6.45) is 0.918. The fourth-order valence-corrected chi connectivity index (χ4v) is 0.640. The molecule has 5 heteroatoms. The van der Waals surface area contributed by atoms with E-state index in [-0.39, 0.29) is 11.0 Å². The van der Waals surface area contributed by atoms with Crippen molar-refractivity contribution in [3.63, 3.8) is 0 Å². The van der Waals surface area contributed by atoms with E-state index in [1.807, 2.05) is 0 Å². The minimum Gasteiger partial charge on any atom is -0.390 e. The molecule has 0 unspecified atom stereocenters. The van der Waals surface area contributed by atoms with Crippen LogP contribution in [0.1, 0.15) is 5.69 Å². The molecule has 1 aromatic heterocycles. The van der Waals surface area contributed by atoms with Crippen LogP contribution in [0.3, 0.4) is 0 Å². The van der Waals surface area contributed by atoms with Crippen LogP contribution in [0.25, 0.3) is 0 Å². The van der Waals surface area contributed by atoms with Gasteiger partial charge in [-0.1, -0.05) is 0 Å². The Morgan fingerprint density at radius 3 is 2.90 bits per heavy atom. The van der Waals surface area contributed by atoms with Crippen LogP contribution in [0.4, 0.5) is 4.39 Å². The molecule has 0 aliphatic heterocycles. The molecule has 54 valence electrons. The third-order valence-corrected chi connectivity index (χ3v) is 1.12. The SMILES string of the molecule is OCc1nc(Cl)ncc1F. The third-order valence-electron chi connectivity index (χ3n) is 0.937. The smallest absolute Gasteiger partial charge is 0.222 e. The van der Waals surface area contributed by atoms with Crippen LogP contribution < -0.4 is 0 Å². The van der Waals surface area contributed by atoms with Crippen molar-refractivity contribution >= 4 is 11.6 Å². The zero-order valence-electron chi connectivity index (χ0n) is 4.88. The maximum absolute atomic E-state index is 12.4. The first-order chi connectivity index (χ1) is 4.74. The van der Waals surface area contributed by atoms with Crippen molar-refractivity contribution < 1.29 is 9.50 Å². The molecule has 3 nitrogen and oxygen atoms in total. The molecule has 0 aromatic carbocycles. The summed E-state index contributed by atoms with van der Waals surface area (Å²) in [5.41, 5.74) is -0.0833. The van der Waals surface area contributed by atoms with Gasteiger partial charge in [-0.3, -0.25) is 0 Å². The predicted molar refractivity (Wildman–Crippen MR) is 32.9 cm³/mol. The fraction of sp³-hybridized carbons (Fsp3) is 0.200. The molecular weight excluding hydrogens is 159 g/mol. The first-order valence-electron chi connectivity index (χ1n) is 2.52. The Labute approximate surface area is 61.5 Å². The molecule has 0 atom stereocenters.